The van der Waals surface area contributed by atoms with Crippen LogP contribution in [-0.2, 0) is 17.5 Å². The van der Waals surface area contributed by atoms with Gasteiger partial charge in [0.2, 0.25) is 5.91 Å². The minimum absolute atomic E-state index is 0.139. The monoisotopic (exact) mass is 278 g/mol. The van der Waals surface area contributed by atoms with Crippen LogP contribution in [0.3, 0.4) is 0 Å². The van der Waals surface area contributed by atoms with E-state index in [4.69, 9.17) is 0 Å². The van der Waals surface area contributed by atoms with Crippen molar-refractivity contribution in [3.8, 4) is 0 Å². The highest BCUT2D eigenvalue weighted by Gasteiger charge is 2.34. The number of benzene rings is 1. The van der Waals surface area contributed by atoms with E-state index in [1.807, 2.05) is 0 Å². The Hall–Kier alpha value is -1.63. The van der Waals surface area contributed by atoms with Gasteiger partial charge in [-0.2, -0.15) is 13.2 Å². The summed E-state index contributed by atoms with van der Waals surface area (Å²) < 4.78 is 50.4. The van der Waals surface area contributed by atoms with Crippen molar-refractivity contribution in [3.05, 3.63) is 35.1 Å². The Morgan fingerprint density at radius 3 is 2.58 bits per heavy atom. The summed E-state index contributed by atoms with van der Waals surface area (Å²) in [5, 5.41) is 5.24. The van der Waals surface area contributed by atoms with Crippen LogP contribution in [0.25, 0.3) is 0 Å². The van der Waals surface area contributed by atoms with E-state index in [1.165, 1.54) is 13.1 Å². The zero-order valence-corrected chi connectivity index (χ0v) is 10.3. The van der Waals surface area contributed by atoms with Crippen molar-refractivity contribution in [3.63, 3.8) is 0 Å². The molecule has 7 heteroatoms. The lowest BCUT2D eigenvalue weighted by Gasteiger charge is -2.10. The molecule has 0 saturated carbocycles. The van der Waals surface area contributed by atoms with Gasteiger partial charge in [0.05, 0.1) is 5.56 Å². The van der Waals surface area contributed by atoms with Crippen LogP contribution in [0.4, 0.5) is 17.6 Å². The second-order valence-corrected chi connectivity index (χ2v) is 3.91. The normalized spacial score (nSPS) is 11.4. The molecule has 0 heterocycles. The highest BCUT2D eigenvalue weighted by molar-refractivity contribution is 5.75. The molecule has 2 N–H and O–H groups in total. The van der Waals surface area contributed by atoms with Gasteiger partial charge in [-0.05, 0) is 17.7 Å². The third kappa shape index (κ3) is 4.86. The average Bonchev–Trinajstić information content (AvgIpc) is 2.34. The number of halogens is 4. The van der Waals surface area contributed by atoms with Gasteiger partial charge in [0, 0.05) is 26.6 Å². The van der Waals surface area contributed by atoms with Crippen molar-refractivity contribution in [1.82, 2.24) is 10.6 Å². The maximum Gasteiger partial charge on any atom is 0.419 e. The highest BCUT2D eigenvalue weighted by atomic mass is 19.4. The van der Waals surface area contributed by atoms with Crippen LogP contribution in [-0.4, -0.2) is 19.5 Å². The summed E-state index contributed by atoms with van der Waals surface area (Å²) in [6, 6.07) is 2.83. The lowest BCUT2D eigenvalue weighted by molar-refractivity contribution is -0.140. The average molecular weight is 278 g/mol. The molecule has 0 radical (unpaired) electrons. The van der Waals surface area contributed by atoms with E-state index in [1.54, 1.807) is 0 Å². The minimum Gasteiger partial charge on any atom is -0.359 e. The second-order valence-electron chi connectivity index (χ2n) is 3.91. The van der Waals surface area contributed by atoms with E-state index in [2.05, 4.69) is 10.6 Å². The van der Waals surface area contributed by atoms with Gasteiger partial charge in [0.15, 0.2) is 0 Å². The number of alkyl halides is 3. The highest BCUT2D eigenvalue weighted by Crippen LogP contribution is 2.31. The zero-order chi connectivity index (χ0) is 14.5. The first-order chi connectivity index (χ1) is 8.84. The van der Waals surface area contributed by atoms with Crippen LogP contribution < -0.4 is 10.6 Å². The lowest BCUT2D eigenvalue weighted by Crippen LogP contribution is -2.24. The number of carbonyl (C=O) groups is 1. The second kappa shape index (κ2) is 6.51. The van der Waals surface area contributed by atoms with Crippen LogP contribution >= 0.6 is 0 Å². The molecule has 0 spiro atoms. The molecular weight excluding hydrogens is 264 g/mol. The third-order valence-electron chi connectivity index (χ3n) is 2.47. The molecule has 3 nitrogen and oxygen atoms in total. The Labute approximate surface area is 108 Å². The smallest absolute Gasteiger partial charge is 0.359 e. The van der Waals surface area contributed by atoms with Crippen LogP contribution in [0.15, 0.2) is 18.2 Å². The van der Waals surface area contributed by atoms with E-state index in [-0.39, 0.29) is 18.9 Å². The first-order valence-electron chi connectivity index (χ1n) is 5.61. The van der Waals surface area contributed by atoms with Gasteiger partial charge < -0.3 is 10.6 Å². The predicted octanol–water partition coefficient (Wildman–Crippen LogP) is 2.07. The summed E-state index contributed by atoms with van der Waals surface area (Å²) in [4.78, 5) is 10.9. The number of amides is 1. The van der Waals surface area contributed by atoms with E-state index in [0.717, 1.165) is 12.1 Å². The van der Waals surface area contributed by atoms with Gasteiger partial charge >= 0.3 is 6.18 Å². The number of hydrogen-bond acceptors (Lipinski definition) is 2. The van der Waals surface area contributed by atoms with Crippen molar-refractivity contribution < 1.29 is 22.4 Å². The number of nitrogens with one attached hydrogen (secondary N) is 2. The molecule has 0 aliphatic rings. The largest absolute Gasteiger partial charge is 0.419 e. The summed E-state index contributed by atoms with van der Waals surface area (Å²) in [6.45, 7) is 0.471. The Morgan fingerprint density at radius 1 is 1.32 bits per heavy atom. The van der Waals surface area contributed by atoms with Crippen LogP contribution in [0.2, 0.25) is 0 Å². The molecule has 0 aromatic heterocycles. The van der Waals surface area contributed by atoms with Gasteiger partial charge in [-0.25, -0.2) is 4.39 Å². The van der Waals surface area contributed by atoms with Crippen LogP contribution in [0.1, 0.15) is 17.5 Å². The predicted molar refractivity (Wildman–Crippen MR) is 61.8 cm³/mol. The molecule has 0 saturated heterocycles. The van der Waals surface area contributed by atoms with Gasteiger partial charge in [-0.1, -0.05) is 6.07 Å². The lowest BCUT2D eigenvalue weighted by atomic mass is 10.1. The minimum atomic E-state index is -4.71. The molecule has 1 rings (SSSR count). The number of rotatable bonds is 5. The first kappa shape index (κ1) is 15.4. The van der Waals surface area contributed by atoms with Crippen LogP contribution in [0.5, 0.6) is 0 Å². The maximum atomic E-state index is 13.0. The van der Waals surface area contributed by atoms with Gasteiger partial charge in [-0.15, -0.1) is 0 Å². The van der Waals surface area contributed by atoms with E-state index >= 15 is 0 Å². The fourth-order valence-corrected chi connectivity index (χ4v) is 1.46. The molecule has 106 valence electrons. The molecule has 19 heavy (non-hydrogen) atoms. The number of carbonyl (C=O) groups excluding carboxylic acids is 1. The van der Waals surface area contributed by atoms with E-state index in [0.29, 0.717) is 12.1 Å². The summed E-state index contributed by atoms with van der Waals surface area (Å²) in [7, 11) is 1.50. The molecule has 0 unspecified atom stereocenters. The molecule has 1 amide bonds. The van der Waals surface area contributed by atoms with Crippen LogP contribution in [0, 0.1) is 5.82 Å². The van der Waals surface area contributed by atoms with E-state index < -0.39 is 17.6 Å². The maximum absolute atomic E-state index is 13.0. The van der Waals surface area contributed by atoms with Crippen molar-refractivity contribution >= 4 is 5.91 Å². The third-order valence-corrected chi connectivity index (χ3v) is 2.47. The molecule has 1 aromatic carbocycles. The molecular formula is C12H14F4N2O. The van der Waals surface area contributed by atoms with Crippen molar-refractivity contribution in [2.75, 3.05) is 13.6 Å². The summed E-state index contributed by atoms with van der Waals surface area (Å²) in [6.07, 6.45) is -4.48. The summed E-state index contributed by atoms with van der Waals surface area (Å²) in [5.74, 6) is -1.45. The molecule has 0 aliphatic carbocycles. The number of hydrogen-bond donors (Lipinski definition) is 2. The summed E-state index contributed by atoms with van der Waals surface area (Å²) >= 11 is 0. The molecule has 0 bridgehead atoms. The van der Waals surface area contributed by atoms with Crippen molar-refractivity contribution in [2.24, 2.45) is 0 Å². The molecule has 0 fully saturated rings. The van der Waals surface area contributed by atoms with Gasteiger partial charge in [0.1, 0.15) is 5.82 Å². The molecule has 0 aliphatic heterocycles. The Bertz CT molecular complexity index is 446. The fourth-order valence-electron chi connectivity index (χ4n) is 1.46. The Morgan fingerprint density at radius 2 is 2.00 bits per heavy atom. The van der Waals surface area contributed by atoms with Gasteiger partial charge in [-0.3, -0.25) is 4.79 Å². The van der Waals surface area contributed by atoms with E-state index in [9.17, 15) is 22.4 Å². The molecule has 1 aromatic rings. The quantitative estimate of drug-likeness (QED) is 0.639. The summed E-state index contributed by atoms with van der Waals surface area (Å²) in [5.41, 5.74) is -0.969. The SMILES string of the molecule is CNC(=O)CCNCc1ccc(F)c(C(F)(F)F)c1. The van der Waals surface area contributed by atoms with Crippen molar-refractivity contribution in [1.29, 1.82) is 0 Å². The first-order valence-corrected chi connectivity index (χ1v) is 5.61. The van der Waals surface area contributed by atoms with Gasteiger partial charge in [0.25, 0.3) is 0 Å². The van der Waals surface area contributed by atoms with Crippen molar-refractivity contribution in [2.45, 2.75) is 19.1 Å². The standard InChI is InChI=1S/C12H14F4N2O/c1-17-11(19)4-5-18-7-8-2-3-10(13)9(6-8)12(14,15)16/h2-3,6,18H,4-5,7H2,1H3,(H,17,19). The Kier molecular flexibility index (Phi) is 5.29. The zero-order valence-electron chi connectivity index (χ0n) is 10.3. The molecule has 0 atom stereocenters. The fraction of sp³-hybridized carbons (Fsp3) is 0.417. The topological polar surface area (TPSA) is 41.1 Å². The Balaban J connectivity index is 2.58.